The molecule has 1 N–H and O–H groups in total. The van der Waals surface area contributed by atoms with Crippen molar-refractivity contribution >= 4 is 21.1 Å². The summed E-state index contributed by atoms with van der Waals surface area (Å²) in [4.78, 5) is 0. The highest BCUT2D eigenvalue weighted by Crippen LogP contribution is 2.18. The van der Waals surface area contributed by atoms with E-state index < -0.39 is 15.9 Å². The zero-order valence-electron chi connectivity index (χ0n) is 9.04. The maximum Gasteiger partial charge on any atom is 0.270 e. The molecule has 16 heavy (non-hydrogen) atoms. The second-order valence-corrected chi connectivity index (χ2v) is 4.30. The molecule has 2 aromatic rings. The van der Waals surface area contributed by atoms with Crippen LogP contribution in [0.3, 0.4) is 0 Å². The third-order valence-electron chi connectivity index (χ3n) is 1.77. The van der Waals surface area contributed by atoms with Crippen LogP contribution in [0.4, 0.5) is 0 Å². The van der Waals surface area contributed by atoms with E-state index in [1.807, 2.05) is 13.8 Å². The summed E-state index contributed by atoms with van der Waals surface area (Å²) >= 11 is 0. The van der Waals surface area contributed by atoms with Gasteiger partial charge in [-0.15, -0.1) is 0 Å². The Morgan fingerprint density at radius 2 is 1.94 bits per heavy atom. The molecule has 88 valence electrons. The van der Waals surface area contributed by atoms with Crippen LogP contribution in [-0.2, 0) is 15.9 Å². The Balaban J connectivity index is 0.000000606. The van der Waals surface area contributed by atoms with Crippen LogP contribution in [0.2, 0.25) is 0 Å². The first-order chi connectivity index (χ1) is 7.56. The van der Waals surface area contributed by atoms with Crippen molar-refractivity contribution in [2.75, 3.05) is 0 Å². The minimum atomic E-state index is -4.06. The lowest BCUT2D eigenvalue weighted by Gasteiger charge is -1.91. The van der Waals surface area contributed by atoms with E-state index >= 15 is 0 Å². The first kappa shape index (κ1) is 12.7. The van der Waals surface area contributed by atoms with Crippen LogP contribution < -0.4 is 0 Å². The van der Waals surface area contributed by atoms with E-state index in [0.717, 1.165) is 0 Å². The largest absolute Gasteiger partial charge is 0.356 e. The van der Waals surface area contributed by atoms with Crippen LogP contribution in [0.25, 0.3) is 11.0 Å². The summed E-state index contributed by atoms with van der Waals surface area (Å²) < 4.78 is 34.7. The van der Waals surface area contributed by atoms with Crippen LogP contribution in [0.1, 0.15) is 19.5 Å². The number of hydrogen-bond donors (Lipinski definition) is 1. The fourth-order valence-corrected chi connectivity index (χ4v) is 1.77. The monoisotopic (exact) mass is 243 g/mol. The molecule has 0 saturated carbocycles. The van der Waals surface area contributed by atoms with Gasteiger partial charge in [0.25, 0.3) is 10.1 Å². The zero-order chi connectivity index (χ0) is 12.2. The minimum Gasteiger partial charge on any atom is -0.356 e. The van der Waals surface area contributed by atoms with Gasteiger partial charge in [-0.05, 0) is 12.1 Å². The normalized spacial score (nSPS) is 10.9. The minimum absolute atomic E-state index is 0.225. The molecule has 0 bridgehead atoms. The van der Waals surface area contributed by atoms with Crippen molar-refractivity contribution in [1.29, 1.82) is 0 Å². The van der Waals surface area contributed by atoms with E-state index in [0.29, 0.717) is 11.0 Å². The lowest BCUT2D eigenvalue weighted by molar-refractivity contribution is 0.443. The van der Waals surface area contributed by atoms with E-state index in [4.69, 9.17) is 9.08 Å². The number of fused-ring (bicyclic) bond motifs is 1. The van der Waals surface area contributed by atoms with Crippen molar-refractivity contribution in [1.82, 2.24) is 5.16 Å². The summed E-state index contributed by atoms with van der Waals surface area (Å²) in [7, 11) is -4.06. The molecule has 0 aliphatic rings. The summed E-state index contributed by atoms with van der Waals surface area (Å²) in [5, 5.41) is 4.17. The van der Waals surface area contributed by atoms with E-state index in [-0.39, 0.29) is 5.69 Å². The third kappa shape index (κ3) is 3.04. The molecule has 0 radical (unpaired) electrons. The number of nitrogens with zero attached hydrogens (tertiary/aromatic N) is 1. The molecular formula is C10H13NO4S. The summed E-state index contributed by atoms with van der Waals surface area (Å²) in [6.45, 7) is 4.00. The molecule has 0 aliphatic carbocycles. The molecule has 2 rings (SSSR count). The van der Waals surface area contributed by atoms with Crippen LogP contribution >= 0.6 is 0 Å². The van der Waals surface area contributed by atoms with Gasteiger partial charge in [-0.3, -0.25) is 4.55 Å². The molecule has 5 nitrogen and oxygen atoms in total. The maximum atomic E-state index is 10.6. The Kier molecular flexibility index (Phi) is 4.03. The average molecular weight is 243 g/mol. The van der Waals surface area contributed by atoms with Crippen molar-refractivity contribution in [2.24, 2.45) is 0 Å². The Morgan fingerprint density at radius 3 is 2.56 bits per heavy atom. The SMILES string of the molecule is CC.O=S(=O)(O)Cc1noc2ccccc12. The molecule has 0 unspecified atom stereocenters. The number of benzene rings is 1. The first-order valence-electron chi connectivity index (χ1n) is 4.85. The number of aromatic nitrogens is 1. The van der Waals surface area contributed by atoms with Gasteiger partial charge in [-0.1, -0.05) is 31.1 Å². The van der Waals surface area contributed by atoms with E-state index in [2.05, 4.69) is 5.16 Å². The van der Waals surface area contributed by atoms with Gasteiger partial charge in [-0.2, -0.15) is 8.42 Å². The smallest absolute Gasteiger partial charge is 0.270 e. The van der Waals surface area contributed by atoms with Crippen molar-refractivity contribution in [2.45, 2.75) is 19.6 Å². The van der Waals surface area contributed by atoms with Crippen LogP contribution in [0.15, 0.2) is 28.8 Å². The van der Waals surface area contributed by atoms with Gasteiger partial charge in [0.15, 0.2) is 5.58 Å². The summed E-state index contributed by atoms with van der Waals surface area (Å²) in [5.41, 5.74) is 0.731. The first-order valence-corrected chi connectivity index (χ1v) is 6.45. The van der Waals surface area contributed by atoms with Crippen molar-refractivity contribution < 1.29 is 17.5 Å². The van der Waals surface area contributed by atoms with Crippen molar-refractivity contribution in [3.63, 3.8) is 0 Å². The molecule has 0 saturated heterocycles. The van der Waals surface area contributed by atoms with Gasteiger partial charge < -0.3 is 4.52 Å². The molecule has 0 fully saturated rings. The van der Waals surface area contributed by atoms with E-state index in [1.54, 1.807) is 24.3 Å². The molecule has 1 aromatic heterocycles. The third-order valence-corrected chi connectivity index (χ3v) is 2.41. The Morgan fingerprint density at radius 1 is 1.31 bits per heavy atom. The second-order valence-electron chi connectivity index (χ2n) is 2.85. The quantitative estimate of drug-likeness (QED) is 0.818. The van der Waals surface area contributed by atoms with Crippen LogP contribution in [0.5, 0.6) is 0 Å². The molecule has 0 amide bonds. The Bertz CT molecular complexity index is 559. The lowest BCUT2D eigenvalue weighted by atomic mass is 10.2. The standard InChI is InChI=1S/C8H7NO4S.C2H6/c10-14(11,12)5-7-6-3-1-2-4-8(6)13-9-7;1-2/h1-4H,5H2,(H,10,11,12);1-2H3. The molecule has 0 atom stereocenters. The fourth-order valence-electron chi connectivity index (χ4n) is 1.21. The van der Waals surface area contributed by atoms with Crippen molar-refractivity contribution in [3.05, 3.63) is 30.0 Å². The second kappa shape index (κ2) is 5.09. The van der Waals surface area contributed by atoms with Crippen molar-refractivity contribution in [3.8, 4) is 0 Å². The molecule has 1 heterocycles. The topological polar surface area (TPSA) is 80.4 Å². The van der Waals surface area contributed by atoms with Gasteiger partial charge in [0.1, 0.15) is 11.4 Å². The number of rotatable bonds is 2. The fraction of sp³-hybridized carbons (Fsp3) is 0.300. The van der Waals surface area contributed by atoms with Gasteiger partial charge in [0.05, 0.1) is 0 Å². The average Bonchev–Trinajstić information content (AvgIpc) is 2.63. The van der Waals surface area contributed by atoms with Gasteiger partial charge in [0.2, 0.25) is 0 Å². The van der Waals surface area contributed by atoms with E-state index in [1.165, 1.54) is 0 Å². The number of hydrogen-bond acceptors (Lipinski definition) is 4. The molecular weight excluding hydrogens is 230 g/mol. The van der Waals surface area contributed by atoms with Gasteiger partial charge in [0, 0.05) is 5.39 Å². The highest BCUT2D eigenvalue weighted by molar-refractivity contribution is 7.85. The predicted octanol–water partition coefficient (Wildman–Crippen LogP) is 2.24. The molecule has 0 spiro atoms. The molecule has 0 aliphatic heterocycles. The Labute approximate surface area is 93.8 Å². The predicted molar refractivity (Wildman–Crippen MR) is 60.6 cm³/mol. The molecule has 1 aromatic carbocycles. The van der Waals surface area contributed by atoms with Gasteiger partial charge in [-0.25, -0.2) is 0 Å². The summed E-state index contributed by atoms with van der Waals surface area (Å²) in [5.74, 6) is -0.524. The van der Waals surface area contributed by atoms with Crippen LogP contribution in [-0.4, -0.2) is 18.1 Å². The highest BCUT2D eigenvalue weighted by atomic mass is 32.2. The summed E-state index contributed by atoms with van der Waals surface area (Å²) in [6.07, 6.45) is 0. The Hall–Kier alpha value is -1.40. The van der Waals surface area contributed by atoms with Gasteiger partial charge >= 0.3 is 0 Å². The number of para-hydroxylation sites is 1. The van der Waals surface area contributed by atoms with E-state index in [9.17, 15) is 8.42 Å². The zero-order valence-corrected chi connectivity index (χ0v) is 9.86. The summed E-state index contributed by atoms with van der Waals surface area (Å²) in [6, 6.07) is 6.86. The van der Waals surface area contributed by atoms with Crippen LogP contribution in [0, 0.1) is 0 Å². The maximum absolute atomic E-state index is 10.6. The lowest BCUT2D eigenvalue weighted by Crippen LogP contribution is -2.01. The highest BCUT2D eigenvalue weighted by Gasteiger charge is 2.14. The molecule has 6 heteroatoms.